The van der Waals surface area contributed by atoms with Crippen molar-refractivity contribution >= 4 is 28.3 Å². The topological polar surface area (TPSA) is 68.3 Å². The van der Waals surface area contributed by atoms with Crippen molar-refractivity contribution in [2.45, 2.75) is 31.6 Å². The first-order valence-corrected chi connectivity index (χ1v) is 6.39. The van der Waals surface area contributed by atoms with Crippen molar-refractivity contribution in [3.63, 3.8) is 0 Å². The number of carbonyl (C=O) groups excluding carboxylic acids is 2. The Hall–Kier alpha value is -1.43. The molecular formula is C11H14N2O3S. The fourth-order valence-electron chi connectivity index (χ4n) is 1.41. The van der Waals surface area contributed by atoms with E-state index >= 15 is 0 Å². The molecule has 1 N–H and O–H groups in total. The van der Waals surface area contributed by atoms with Crippen LogP contribution < -0.4 is 5.32 Å². The van der Waals surface area contributed by atoms with E-state index in [0.29, 0.717) is 11.0 Å². The first kappa shape index (κ1) is 12.0. The lowest BCUT2D eigenvalue weighted by molar-refractivity contribution is -0.141. The van der Waals surface area contributed by atoms with E-state index in [1.807, 2.05) is 5.38 Å². The number of amides is 1. The summed E-state index contributed by atoms with van der Waals surface area (Å²) < 4.78 is 4.46. The van der Waals surface area contributed by atoms with Crippen molar-refractivity contribution in [1.29, 1.82) is 0 Å². The number of thiazole rings is 1. The number of carbonyl (C=O) groups is 2. The summed E-state index contributed by atoms with van der Waals surface area (Å²) in [7, 11) is 1.31. The molecule has 92 valence electrons. The average molecular weight is 254 g/mol. The first-order chi connectivity index (χ1) is 8.19. The molecule has 1 fully saturated rings. The number of hydrogen-bond donors (Lipinski definition) is 1. The second-order valence-corrected chi connectivity index (χ2v) is 4.83. The number of esters is 1. The lowest BCUT2D eigenvalue weighted by atomic mass is 10.3. The highest BCUT2D eigenvalue weighted by Crippen LogP contribution is 2.40. The van der Waals surface area contributed by atoms with Gasteiger partial charge in [-0.3, -0.25) is 9.59 Å². The molecule has 0 spiro atoms. The van der Waals surface area contributed by atoms with Gasteiger partial charge >= 0.3 is 5.97 Å². The molecule has 1 saturated carbocycles. The summed E-state index contributed by atoms with van der Waals surface area (Å²) >= 11 is 1.43. The number of methoxy groups -OCH3 is 1. The van der Waals surface area contributed by atoms with Crippen LogP contribution >= 0.6 is 11.3 Å². The van der Waals surface area contributed by atoms with Crippen LogP contribution in [-0.4, -0.2) is 24.0 Å². The number of rotatable bonds is 5. The molecule has 1 aliphatic rings. The minimum absolute atomic E-state index is 0.100. The molecule has 0 atom stereocenters. The predicted molar refractivity (Wildman–Crippen MR) is 64.0 cm³/mol. The third-order valence-electron chi connectivity index (χ3n) is 2.55. The van der Waals surface area contributed by atoms with E-state index in [2.05, 4.69) is 15.0 Å². The molecule has 0 radical (unpaired) electrons. The molecule has 1 heterocycles. The average Bonchev–Trinajstić information content (AvgIpc) is 3.08. The van der Waals surface area contributed by atoms with Gasteiger partial charge in [-0.15, -0.1) is 11.3 Å². The molecule has 1 aromatic rings. The molecule has 0 bridgehead atoms. The van der Waals surface area contributed by atoms with Crippen LogP contribution in [-0.2, 0) is 14.3 Å². The Labute approximate surface area is 103 Å². The summed E-state index contributed by atoms with van der Waals surface area (Å²) in [5, 5.41) is 5.28. The van der Waals surface area contributed by atoms with Crippen molar-refractivity contribution in [3.8, 4) is 0 Å². The van der Waals surface area contributed by atoms with E-state index in [-0.39, 0.29) is 24.7 Å². The summed E-state index contributed by atoms with van der Waals surface area (Å²) in [5.74, 6) is 0.0111. The Balaban J connectivity index is 1.78. The number of ether oxygens (including phenoxy) is 1. The molecular weight excluding hydrogens is 240 g/mol. The van der Waals surface area contributed by atoms with Crippen LogP contribution in [0.1, 0.15) is 37.3 Å². The second-order valence-electron chi connectivity index (χ2n) is 3.98. The number of anilines is 1. The maximum atomic E-state index is 11.5. The van der Waals surface area contributed by atoms with Crippen LogP contribution in [0.4, 0.5) is 5.13 Å². The molecule has 1 aromatic heterocycles. The number of nitrogens with zero attached hydrogens (tertiary/aromatic N) is 1. The van der Waals surface area contributed by atoms with Gasteiger partial charge in [0.15, 0.2) is 5.13 Å². The molecule has 0 aliphatic heterocycles. The third kappa shape index (κ3) is 3.52. The van der Waals surface area contributed by atoms with Crippen molar-refractivity contribution < 1.29 is 14.3 Å². The van der Waals surface area contributed by atoms with E-state index in [4.69, 9.17) is 0 Å². The van der Waals surface area contributed by atoms with Gasteiger partial charge in [-0.05, 0) is 12.8 Å². The van der Waals surface area contributed by atoms with Crippen LogP contribution in [0.3, 0.4) is 0 Å². The molecule has 2 rings (SSSR count). The smallest absolute Gasteiger partial charge is 0.306 e. The van der Waals surface area contributed by atoms with Gasteiger partial charge in [0.25, 0.3) is 0 Å². The van der Waals surface area contributed by atoms with Gasteiger partial charge < -0.3 is 10.1 Å². The van der Waals surface area contributed by atoms with Gasteiger partial charge in [0.2, 0.25) is 5.91 Å². The van der Waals surface area contributed by atoms with Crippen LogP contribution in [0.25, 0.3) is 0 Å². The van der Waals surface area contributed by atoms with Gasteiger partial charge in [-0.25, -0.2) is 4.98 Å². The van der Waals surface area contributed by atoms with Gasteiger partial charge in [-0.1, -0.05) is 0 Å². The standard InChI is InChI=1S/C11H14N2O3S/c1-16-10(15)5-4-9(14)13-11-12-8(6-17-11)7-2-3-7/h6-7H,2-5H2,1H3,(H,12,13,14). The maximum absolute atomic E-state index is 11.5. The molecule has 0 aromatic carbocycles. The van der Waals surface area contributed by atoms with E-state index in [1.54, 1.807) is 0 Å². The first-order valence-electron chi connectivity index (χ1n) is 5.51. The lowest BCUT2D eigenvalue weighted by Gasteiger charge is -2.00. The number of hydrogen-bond acceptors (Lipinski definition) is 5. The molecule has 6 heteroatoms. The highest BCUT2D eigenvalue weighted by Gasteiger charge is 2.26. The highest BCUT2D eigenvalue weighted by molar-refractivity contribution is 7.13. The SMILES string of the molecule is COC(=O)CCC(=O)Nc1nc(C2CC2)cs1. The number of aromatic nitrogens is 1. The fraction of sp³-hybridized carbons (Fsp3) is 0.545. The van der Waals surface area contributed by atoms with E-state index in [9.17, 15) is 9.59 Å². The van der Waals surface area contributed by atoms with Gasteiger partial charge in [-0.2, -0.15) is 0 Å². The third-order valence-corrected chi connectivity index (χ3v) is 3.32. The van der Waals surface area contributed by atoms with Crippen LogP contribution in [0.2, 0.25) is 0 Å². The predicted octanol–water partition coefficient (Wildman–Crippen LogP) is 1.91. The zero-order valence-corrected chi connectivity index (χ0v) is 10.4. The van der Waals surface area contributed by atoms with E-state index in [0.717, 1.165) is 5.69 Å². The van der Waals surface area contributed by atoms with Crippen LogP contribution in [0.15, 0.2) is 5.38 Å². The zero-order chi connectivity index (χ0) is 12.3. The van der Waals surface area contributed by atoms with E-state index in [1.165, 1.54) is 31.3 Å². The van der Waals surface area contributed by atoms with Crippen LogP contribution in [0.5, 0.6) is 0 Å². The Kier molecular flexibility index (Phi) is 3.73. The maximum Gasteiger partial charge on any atom is 0.306 e. The summed E-state index contributed by atoms with van der Waals surface area (Å²) in [6.45, 7) is 0. The Bertz CT molecular complexity index is 426. The molecule has 1 aliphatic carbocycles. The van der Waals surface area contributed by atoms with Gasteiger partial charge in [0.1, 0.15) is 0 Å². The second kappa shape index (κ2) is 5.27. The number of nitrogens with one attached hydrogen (secondary N) is 1. The molecule has 0 saturated heterocycles. The Morgan fingerprint density at radius 2 is 2.29 bits per heavy atom. The van der Waals surface area contributed by atoms with Crippen molar-refractivity contribution in [2.24, 2.45) is 0 Å². The minimum atomic E-state index is -0.377. The van der Waals surface area contributed by atoms with Crippen molar-refractivity contribution in [2.75, 3.05) is 12.4 Å². The van der Waals surface area contributed by atoms with Crippen molar-refractivity contribution in [3.05, 3.63) is 11.1 Å². The Morgan fingerprint density at radius 1 is 1.53 bits per heavy atom. The van der Waals surface area contributed by atoms with Gasteiger partial charge in [0.05, 0.1) is 19.2 Å². The monoisotopic (exact) mass is 254 g/mol. The molecule has 17 heavy (non-hydrogen) atoms. The largest absolute Gasteiger partial charge is 0.469 e. The van der Waals surface area contributed by atoms with Gasteiger partial charge in [0, 0.05) is 17.7 Å². The zero-order valence-electron chi connectivity index (χ0n) is 9.56. The van der Waals surface area contributed by atoms with Crippen LogP contribution in [0, 0.1) is 0 Å². The molecule has 0 unspecified atom stereocenters. The highest BCUT2D eigenvalue weighted by atomic mass is 32.1. The summed E-state index contributed by atoms with van der Waals surface area (Å²) in [6, 6.07) is 0. The normalized spacial score (nSPS) is 14.4. The fourth-order valence-corrected chi connectivity index (χ4v) is 2.22. The minimum Gasteiger partial charge on any atom is -0.469 e. The summed E-state index contributed by atoms with van der Waals surface area (Å²) in [6.07, 6.45) is 2.62. The molecule has 5 nitrogen and oxygen atoms in total. The summed E-state index contributed by atoms with van der Waals surface area (Å²) in [4.78, 5) is 26.7. The quantitative estimate of drug-likeness (QED) is 0.815. The Morgan fingerprint density at radius 3 is 2.94 bits per heavy atom. The van der Waals surface area contributed by atoms with Crippen molar-refractivity contribution in [1.82, 2.24) is 4.98 Å². The summed E-state index contributed by atoms with van der Waals surface area (Å²) in [5.41, 5.74) is 1.07. The molecule has 1 amide bonds. The lowest BCUT2D eigenvalue weighted by Crippen LogP contribution is -2.13. The van der Waals surface area contributed by atoms with E-state index < -0.39 is 0 Å².